The molecule has 0 aliphatic carbocycles. The highest BCUT2D eigenvalue weighted by Gasteiger charge is 2.22. The van der Waals surface area contributed by atoms with Crippen molar-refractivity contribution in [1.82, 2.24) is 10.2 Å². The fraction of sp³-hybridized carbons (Fsp3) is 0.364. The molecule has 3 rings (SSSR count). The van der Waals surface area contributed by atoms with Gasteiger partial charge in [0.1, 0.15) is 0 Å². The molecule has 3 nitrogen and oxygen atoms in total. The van der Waals surface area contributed by atoms with Crippen LogP contribution in [0.15, 0.2) is 51.4 Å². The van der Waals surface area contributed by atoms with Gasteiger partial charge in [-0.25, -0.2) is 0 Å². The zero-order valence-corrected chi connectivity index (χ0v) is 17.8. The summed E-state index contributed by atoms with van der Waals surface area (Å²) >= 11 is 3.55. The molecule has 0 unspecified atom stereocenters. The number of benzene rings is 2. The van der Waals surface area contributed by atoms with E-state index in [4.69, 9.17) is 4.42 Å². The topological polar surface area (TPSA) is 38.9 Å². The molecule has 0 bridgehead atoms. The molecule has 1 heterocycles. The summed E-state index contributed by atoms with van der Waals surface area (Å²) < 4.78 is 6.96. The summed E-state index contributed by atoms with van der Waals surface area (Å²) in [4.78, 5) is 0. The third kappa shape index (κ3) is 3.90. The Bertz CT molecular complexity index is 898. The second kappa shape index (κ2) is 6.66. The van der Waals surface area contributed by atoms with Gasteiger partial charge in [-0.05, 0) is 62.2 Å². The highest BCUT2D eigenvalue weighted by Crippen LogP contribution is 2.35. The molecule has 3 aromatic rings. The molecule has 0 fully saturated rings. The number of hydrogen-bond acceptors (Lipinski definition) is 3. The maximum absolute atomic E-state index is 6.02. The zero-order chi connectivity index (χ0) is 19.1. The van der Waals surface area contributed by atoms with Crippen molar-refractivity contribution in [3.8, 4) is 22.9 Å². The molecule has 0 amide bonds. The van der Waals surface area contributed by atoms with Crippen LogP contribution in [0.4, 0.5) is 0 Å². The van der Waals surface area contributed by atoms with Crippen LogP contribution in [0.25, 0.3) is 22.9 Å². The fourth-order valence-corrected chi connectivity index (χ4v) is 3.15. The Labute approximate surface area is 164 Å². The van der Waals surface area contributed by atoms with Gasteiger partial charge in [-0.15, -0.1) is 10.2 Å². The number of halogens is 1. The van der Waals surface area contributed by atoms with Crippen molar-refractivity contribution < 1.29 is 4.42 Å². The van der Waals surface area contributed by atoms with Crippen LogP contribution in [0.1, 0.15) is 52.7 Å². The number of rotatable bonds is 2. The van der Waals surface area contributed by atoms with Crippen LogP contribution in [-0.2, 0) is 10.8 Å². The number of nitrogens with zero attached hydrogens (tertiary/aromatic N) is 2. The van der Waals surface area contributed by atoms with Gasteiger partial charge in [0, 0.05) is 10.0 Å². The molecule has 0 saturated carbocycles. The van der Waals surface area contributed by atoms with Crippen molar-refractivity contribution in [2.45, 2.75) is 52.4 Å². The Morgan fingerprint density at radius 2 is 1.31 bits per heavy atom. The third-order valence-corrected chi connectivity index (χ3v) is 5.13. The largest absolute Gasteiger partial charge is 0.416 e. The van der Waals surface area contributed by atoms with Crippen LogP contribution < -0.4 is 0 Å². The smallest absolute Gasteiger partial charge is 0.249 e. The van der Waals surface area contributed by atoms with Crippen molar-refractivity contribution >= 4 is 15.9 Å². The van der Waals surface area contributed by atoms with Gasteiger partial charge in [-0.1, -0.05) is 59.7 Å². The first-order chi connectivity index (χ1) is 12.1. The molecule has 136 valence electrons. The Balaban J connectivity index is 2.11. The second-order valence-corrected chi connectivity index (χ2v) is 9.55. The highest BCUT2D eigenvalue weighted by atomic mass is 79.9. The fourth-order valence-electron chi connectivity index (χ4n) is 2.70. The lowest BCUT2D eigenvalue weighted by atomic mass is 9.79. The van der Waals surface area contributed by atoms with Crippen molar-refractivity contribution in [3.05, 3.63) is 58.1 Å². The number of aromatic nitrogens is 2. The second-order valence-electron chi connectivity index (χ2n) is 8.69. The van der Waals surface area contributed by atoms with E-state index in [-0.39, 0.29) is 10.8 Å². The van der Waals surface area contributed by atoms with Crippen LogP contribution in [0, 0.1) is 0 Å². The van der Waals surface area contributed by atoms with E-state index in [9.17, 15) is 0 Å². The molecular formula is C22H25BrN2O. The predicted octanol–water partition coefficient (Wildman–Crippen LogP) is 6.76. The summed E-state index contributed by atoms with van der Waals surface area (Å²) in [5.74, 6) is 1.07. The number of hydrogen-bond donors (Lipinski definition) is 0. The lowest BCUT2D eigenvalue weighted by molar-refractivity contribution is 0.564. The van der Waals surface area contributed by atoms with Gasteiger partial charge in [0.25, 0.3) is 0 Å². The molecule has 2 aromatic carbocycles. The van der Waals surface area contributed by atoms with Crippen molar-refractivity contribution in [2.75, 3.05) is 0 Å². The summed E-state index contributed by atoms with van der Waals surface area (Å²) in [6.07, 6.45) is 0. The van der Waals surface area contributed by atoms with Crippen molar-refractivity contribution in [2.24, 2.45) is 0 Å². The van der Waals surface area contributed by atoms with E-state index < -0.39 is 0 Å². The minimum Gasteiger partial charge on any atom is -0.416 e. The van der Waals surface area contributed by atoms with Crippen LogP contribution in [0.3, 0.4) is 0 Å². The maximum Gasteiger partial charge on any atom is 0.249 e. The van der Waals surface area contributed by atoms with Crippen LogP contribution in [0.5, 0.6) is 0 Å². The Morgan fingerprint density at radius 3 is 1.85 bits per heavy atom. The summed E-state index contributed by atoms with van der Waals surface area (Å²) in [7, 11) is 0. The lowest BCUT2D eigenvalue weighted by Crippen LogP contribution is -2.16. The van der Waals surface area contributed by atoms with Gasteiger partial charge in [0.15, 0.2) is 0 Å². The molecule has 1 aromatic heterocycles. The van der Waals surface area contributed by atoms with Gasteiger partial charge < -0.3 is 4.42 Å². The lowest BCUT2D eigenvalue weighted by Gasteiger charge is -2.25. The van der Waals surface area contributed by atoms with Crippen molar-refractivity contribution in [1.29, 1.82) is 0 Å². The van der Waals surface area contributed by atoms with Gasteiger partial charge in [0.05, 0.1) is 5.56 Å². The van der Waals surface area contributed by atoms with E-state index in [1.54, 1.807) is 0 Å². The first-order valence-corrected chi connectivity index (χ1v) is 9.60. The van der Waals surface area contributed by atoms with E-state index in [1.807, 2.05) is 24.3 Å². The van der Waals surface area contributed by atoms with E-state index in [0.29, 0.717) is 11.8 Å². The molecule has 0 saturated heterocycles. The molecule has 26 heavy (non-hydrogen) atoms. The molecule has 0 aliphatic heterocycles. The predicted molar refractivity (Wildman–Crippen MR) is 110 cm³/mol. The molecule has 0 aliphatic rings. The minimum absolute atomic E-state index is 0.0430. The molecular weight excluding hydrogens is 388 g/mol. The van der Waals surface area contributed by atoms with Gasteiger partial charge in [0.2, 0.25) is 11.8 Å². The van der Waals surface area contributed by atoms with Gasteiger partial charge in [-0.2, -0.15) is 0 Å². The first kappa shape index (κ1) is 18.8. The monoisotopic (exact) mass is 412 g/mol. The summed E-state index contributed by atoms with van der Waals surface area (Å²) in [6.45, 7) is 13.3. The first-order valence-electron chi connectivity index (χ1n) is 8.80. The Hall–Kier alpha value is -1.94. The molecule has 0 atom stereocenters. The van der Waals surface area contributed by atoms with Crippen LogP contribution in [-0.4, -0.2) is 10.2 Å². The van der Waals surface area contributed by atoms with E-state index in [1.165, 1.54) is 11.1 Å². The SMILES string of the molecule is CC(C)(C)c1cc(-c2nnc(-c3ccccc3Br)o2)cc(C(C)(C)C)c1. The highest BCUT2D eigenvalue weighted by molar-refractivity contribution is 9.10. The van der Waals surface area contributed by atoms with E-state index in [0.717, 1.165) is 15.6 Å². The zero-order valence-electron chi connectivity index (χ0n) is 16.2. The third-order valence-electron chi connectivity index (χ3n) is 4.44. The van der Waals surface area contributed by atoms with E-state index in [2.05, 4.69) is 85.9 Å². The maximum atomic E-state index is 6.02. The van der Waals surface area contributed by atoms with Crippen molar-refractivity contribution in [3.63, 3.8) is 0 Å². The average molecular weight is 413 g/mol. The summed E-state index contributed by atoms with van der Waals surface area (Å²) in [5.41, 5.74) is 4.48. The molecule has 0 radical (unpaired) electrons. The standard InChI is InChI=1S/C22H25BrN2O/c1-21(2,3)15-11-14(12-16(13-15)22(4,5)6)19-24-25-20(26-19)17-9-7-8-10-18(17)23/h7-13H,1-6H3. The molecule has 0 spiro atoms. The Kier molecular flexibility index (Phi) is 4.82. The normalized spacial score (nSPS) is 12.4. The molecule has 4 heteroatoms. The quantitative estimate of drug-likeness (QED) is 0.466. The summed E-state index contributed by atoms with van der Waals surface area (Å²) in [5, 5.41) is 8.57. The van der Waals surface area contributed by atoms with Gasteiger partial charge >= 0.3 is 0 Å². The van der Waals surface area contributed by atoms with Crippen LogP contribution in [0.2, 0.25) is 0 Å². The average Bonchev–Trinajstić information content (AvgIpc) is 3.03. The summed E-state index contributed by atoms with van der Waals surface area (Å²) in [6, 6.07) is 14.5. The van der Waals surface area contributed by atoms with Crippen LogP contribution >= 0.6 is 15.9 Å². The molecule has 0 N–H and O–H groups in total. The van der Waals surface area contributed by atoms with Gasteiger partial charge in [-0.3, -0.25) is 0 Å². The Morgan fingerprint density at radius 1 is 0.769 bits per heavy atom. The minimum atomic E-state index is 0.0430. The van der Waals surface area contributed by atoms with E-state index >= 15 is 0 Å².